The molecule has 0 aliphatic rings. The normalized spacial score (nSPS) is 11.3. The van der Waals surface area contributed by atoms with E-state index in [-0.39, 0.29) is 10.0 Å². The summed E-state index contributed by atoms with van der Waals surface area (Å²) >= 11 is 5.85. The minimum atomic E-state index is -3.70. The van der Waals surface area contributed by atoms with E-state index in [1.54, 1.807) is 18.2 Å². The fourth-order valence-corrected chi connectivity index (χ4v) is 3.29. The molecule has 0 saturated carbocycles. The zero-order valence-electron chi connectivity index (χ0n) is 10.5. The van der Waals surface area contributed by atoms with E-state index in [0.29, 0.717) is 5.69 Å². The van der Waals surface area contributed by atoms with Crippen LogP contribution in [-0.4, -0.2) is 20.4 Å². The summed E-state index contributed by atoms with van der Waals surface area (Å²) in [6.07, 6.45) is 1.45. The van der Waals surface area contributed by atoms with Gasteiger partial charge >= 0.3 is 0 Å². The van der Waals surface area contributed by atoms with Crippen LogP contribution in [0.2, 0.25) is 5.15 Å². The first-order valence-electron chi connectivity index (χ1n) is 5.59. The molecule has 0 amide bonds. The zero-order valence-corrected chi connectivity index (χ0v) is 12.1. The highest BCUT2D eigenvalue weighted by Gasteiger charge is 2.24. The number of nitrogens with zero attached hydrogens (tertiary/aromatic N) is 2. The van der Waals surface area contributed by atoms with Crippen LogP contribution in [0.3, 0.4) is 0 Å². The van der Waals surface area contributed by atoms with Crippen LogP contribution in [0.1, 0.15) is 5.56 Å². The predicted octanol–water partition coefficient (Wildman–Crippen LogP) is 2.87. The molecule has 0 saturated heterocycles. The second kappa shape index (κ2) is 5.19. The van der Waals surface area contributed by atoms with Gasteiger partial charge in [0.2, 0.25) is 0 Å². The quantitative estimate of drug-likeness (QED) is 0.818. The Morgan fingerprint density at radius 3 is 2.58 bits per heavy atom. The molecule has 2 aromatic rings. The van der Waals surface area contributed by atoms with Gasteiger partial charge in [0.1, 0.15) is 10.0 Å². The number of pyridine rings is 1. The first-order chi connectivity index (χ1) is 8.93. The summed E-state index contributed by atoms with van der Waals surface area (Å²) in [7, 11) is -2.21. The van der Waals surface area contributed by atoms with Crippen molar-refractivity contribution in [1.29, 1.82) is 0 Å². The van der Waals surface area contributed by atoms with E-state index in [9.17, 15) is 8.42 Å². The molecular formula is C13H13ClN2O2S. The number of sulfonamides is 1. The summed E-state index contributed by atoms with van der Waals surface area (Å²) in [5.41, 5.74) is 1.57. The van der Waals surface area contributed by atoms with Gasteiger partial charge in [-0.15, -0.1) is 0 Å². The average molecular weight is 297 g/mol. The van der Waals surface area contributed by atoms with Crippen molar-refractivity contribution in [3.63, 3.8) is 0 Å². The van der Waals surface area contributed by atoms with Crippen LogP contribution in [0.4, 0.5) is 5.69 Å². The molecule has 0 radical (unpaired) electrons. The van der Waals surface area contributed by atoms with E-state index in [2.05, 4.69) is 4.98 Å². The molecule has 1 heterocycles. The second-order valence-corrected chi connectivity index (χ2v) is 6.40. The number of hydrogen-bond acceptors (Lipinski definition) is 3. The molecule has 19 heavy (non-hydrogen) atoms. The minimum absolute atomic E-state index is 0.000623. The zero-order chi connectivity index (χ0) is 14.0. The molecule has 0 unspecified atom stereocenters. The van der Waals surface area contributed by atoms with Gasteiger partial charge in [0.25, 0.3) is 10.0 Å². The molecule has 1 aromatic heterocycles. The molecule has 0 aliphatic heterocycles. The summed E-state index contributed by atoms with van der Waals surface area (Å²) < 4.78 is 26.1. The molecule has 0 N–H and O–H groups in total. The number of halogens is 1. The van der Waals surface area contributed by atoms with E-state index in [0.717, 1.165) is 5.56 Å². The van der Waals surface area contributed by atoms with E-state index in [1.807, 2.05) is 19.1 Å². The van der Waals surface area contributed by atoms with Gasteiger partial charge in [0.15, 0.2) is 0 Å². The fourth-order valence-electron chi connectivity index (χ4n) is 1.67. The molecule has 0 fully saturated rings. The van der Waals surface area contributed by atoms with Gasteiger partial charge in [-0.05, 0) is 36.8 Å². The summed E-state index contributed by atoms with van der Waals surface area (Å²) in [6, 6.07) is 10.2. The van der Waals surface area contributed by atoms with Gasteiger partial charge in [0, 0.05) is 13.2 Å². The molecule has 0 aliphatic carbocycles. The number of aromatic nitrogens is 1. The molecule has 1 aromatic carbocycles. The summed E-state index contributed by atoms with van der Waals surface area (Å²) in [5, 5.41) is -0.0259. The Balaban J connectivity index is 2.49. The molecule has 0 bridgehead atoms. The number of benzene rings is 1. The number of anilines is 1. The van der Waals surface area contributed by atoms with Crippen molar-refractivity contribution in [2.45, 2.75) is 11.8 Å². The fraction of sp³-hybridized carbons (Fsp3) is 0.154. The van der Waals surface area contributed by atoms with Crippen LogP contribution < -0.4 is 4.31 Å². The molecule has 0 atom stereocenters. The molecule has 4 nitrogen and oxygen atoms in total. The molecule has 6 heteroatoms. The maximum absolute atomic E-state index is 12.5. The predicted molar refractivity (Wildman–Crippen MR) is 76.0 cm³/mol. The monoisotopic (exact) mass is 296 g/mol. The maximum atomic E-state index is 12.5. The van der Waals surface area contributed by atoms with Crippen LogP contribution in [0.5, 0.6) is 0 Å². The molecular weight excluding hydrogens is 284 g/mol. The minimum Gasteiger partial charge on any atom is -0.269 e. The van der Waals surface area contributed by atoms with Crippen molar-refractivity contribution in [1.82, 2.24) is 4.98 Å². The van der Waals surface area contributed by atoms with E-state index in [4.69, 9.17) is 11.6 Å². The van der Waals surface area contributed by atoms with E-state index in [1.165, 1.54) is 23.6 Å². The van der Waals surface area contributed by atoms with Gasteiger partial charge in [-0.25, -0.2) is 13.4 Å². The first kappa shape index (κ1) is 13.8. The van der Waals surface area contributed by atoms with Gasteiger partial charge in [-0.1, -0.05) is 23.7 Å². The molecule has 100 valence electrons. The Bertz CT molecular complexity index is 701. The van der Waals surface area contributed by atoms with Crippen molar-refractivity contribution in [3.05, 3.63) is 53.3 Å². The third kappa shape index (κ3) is 2.72. The van der Waals surface area contributed by atoms with E-state index >= 15 is 0 Å². The Hall–Kier alpha value is -1.59. The van der Waals surface area contributed by atoms with Crippen molar-refractivity contribution in [2.24, 2.45) is 0 Å². The number of hydrogen-bond donors (Lipinski definition) is 0. The second-order valence-electron chi connectivity index (χ2n) is 4.10. The number of rotatable bonds is 3. The first-order valence-corrected chi connectivity index (χ1v) is 7.41. The van der Waals surface area contributed by atoms with Gasteiger partial charge < -0.3 is 0 Å². The molecule has 0 spiro atoms. The maximum Gasteiger partial charge on any atom is 0.267 e. The van der Waals surface area contributed by atoms with Gasteiger partial charge in [-0.2, -0.15) is 0 Å². The lowest BCUT2D eigenvalue weighted by molar-refractivity contribution is 0.594. The lowest BCUT2D eigenvalue weighted by Crippen LogP contribution is -2.27. The Labute approximate surface area is 117 Å². The largest absolute Gasteiger partial charge is 0.269 e. The van der Waals surface area contributed by atoms with Crippen LogP contribution in [0, 0.1) is 6.92 Å². The third-order valence-electron chi connectivity index (χ3n) is 2.73. The van der Waals surface area contributed by atoms with Crippen LogP contribution in [0.15, 0.2) is 47.5 Å². The van der Waals surface area contributed by atoms with Gasteiger partial charge in [-0.3, -0.25) is 4.31 Å². The lowest BCUT2D eigenvalue weighted by Gasteiger charge is -2.20. The van der Waals surface area contributed by atoms with Crippen LogP contribution in [0.25, 0.3) is 0 Å². The van der Waals surface area contributed by atoms with Crippen molar-refractivity contribution < 1.29 is 8.42 Å². The van der Waals surface area contributed by atoms with Crippen molar-refractivity contribution in [3.8, 4) is 0 Å². The summed E-state index contributed by atoms with van der Waals surface area (Å²) in [5.74, 6) is 0. The third-order valence-corrected chi connectivity index (χ3v) is 4.96. The standard InChI is InChI=1S/C13H13ClN2O2S/c1-10-5-3-6-11(9-10)16(2)19(17,18)12-7-4-8-15-13(12)14/h3-9H,1-2H3. The summed E-state index contributed by atoms with van der Waals surface area (Å²) in [6.45, 7) is 1.90. The topological polar surface area (TPSA) is 50.3 Å². The average Bonchev–Trinajstić information content (AvgIpc) is 2.38. The highest BCUT2D eigenvalue weighted by atomic mass is 35.5. The number of aryl methyl sites for hydroxylation is 1. The highest BCUT2D eigenvalue weighted by Crippen LogP contribution is 2.26. The van der Waals surface area contributed by atoms with Crippen molar-refractivity contribution in [2.75, 3.05) is 11.4 Å². The van der Waals surface area contributed by atoms with E-state index < -0.39 is 10.0 Å². The Kier molecular flexibility index (Phi) is 3.78. The Morgan fingerprint density at radius 2 is 1.95 bits per heavy atom. The van der Waals surface area contributed by atoms with Crippen molar-refractivity contribution >= 4 is 27.3 Å². The Morgan fingerprint density at radius 1 is 1.21 bits per heavy atom. The summed E-state index contributed by atoms with van der Waals surface area (Å²) in [4.78, 5) is 3.80. The van der Waals surface area contributed by atoms with Gasteiger partial charge in [0.05, 0.1) is 5.69 Å². The lowest BCUT2D eigenvalue weighted by atomic mass is 10.2. The molecule has 2 rings (SSSR count). The highest BCUT2D eigenvalue weighted by molar-refractivity contribution is 7.92. The van der Waals surface area contributed by atoms with Crippen LogP contribution in [-0.2, 0) is 10.0 Å². The van der Waals surface area contributed by atoms with Crippen LogP contribution >= 0.6 is 11.6 Å². The smallest absolute Gasteiger partial charge is 0.267 e. The SMILES string of the molecule is Cc1cccc(N(C)S(=O)(=O)c2cccnc2Cl)c1.